The molecular formula is C19H18F2N2O6. The molecule has 0 aliphatic carbocycles. The number of carbonyl (C=O) groups is 2. The summed E-state index contributed by atoms with van der Waals surface area (Å²) in [7, 11) is 2.76. The fraction of sp³-hybridized carbons (Fsp3) is 0.263. The molecule has 2 aromatic rings. The molecule has 0 aliphatic rings. The number of aryl methyl sites for hydroxylation is 1. The minimum Gasteiger partial charge on any atom is -0.451 e. The van der Waals surface area contributed by atoms with E-state index in [4.69, 9.17) is 4.74 Å². The van der Waals surface area contributed by atoms with Gasteiger partial charge in [-0.1, -0.05) is 0 Å². The van der Waals surface area contributed by atoms with Gasteiger partial charge in [-0.3, -0.25) is 14.2 Å². The molecule has 1 aromatic carbocycles. The van der Waals surface area contributed by atoms with Gasteiger partial charge >= 0.3 is 18.3 Å². The van der Waals surface area contributed by atoms with Crippen LogP contribution in [-0.2, 0) is 23.6 Å². The predicted octanol–water partition coefficient (Wildman–Crippen LogP) is 1.51. The summed E-state index contributed by atoms with van der Waals surface area (Å²) < 4.78 is 35.6. The maximum atomic E-state index is 12.3. The molecule has 10 heteroatoms. The highest BCUT2D eigenvalue weighted by Gasteiger charge is 2.19. The molecule has 154 valence electrons. The summed E-state index contributed by atoms with van der Waals surface area (Å²) in [5.74, 6) is -1.53. The van der Waals surface area contributed by atoms with Gasteiger partial charge in [-0.15, -0.1) is 0 Å². The second-order valence-electron chi connectivity index (χ2n) is 6.02. The molecule has 1 atom stereocenters. The van der Waals surface area contributed by atoms with Crippen LogP contribution < -0.4 is 16.0 Å². The monoisotopic (exact) mass is 408 g/mol. The van der Waals surface area contributed by atoms with Crippen molar-refractivity contribution in [1.82, 2.24) is 9.13 Å². The Balaban J connectivity index is 2.05. The molecular weight excluding hydrogens is 390 g/mol. The quantitative estimate of drug-likeness (QED) is 0.392. The number of halogens is 2. The first-order valence-corrected chi connectivity index (χ1v) is 8.34. The molecule has 1 aromatic heterocycles. The number of hydrogen-bond acceptors (Lipinski definition) is 6. The lowest BCUT2D eigenvalue weighted by atomic mass is 10.1. The normalized spacial score (nSPS) is 12.2. The van der Waals surface area contributed by atoms with Gasteiger partial charge in [-0.05, 0) is 37.3 Å². The number of Topliss-reactive ketones (excluding diaryl/α,β-unsaturated/α-hetero) is 1. The minimum absolute atomic E-state index is 0.0835. The van der Waals surface area contributed by atoms with Crippen molar-refractivity contribution in [3.8, 4) is 5.75 Å². The first-order chi connectivity index (χ1) is 13.6. The van der Waals surface area contributed by atoms with E-state index in [2.05, 4.69) is 4.74 Å². The summed E-state index contributed by atoms with van der Waals surface area (Å²) in [5, 5.41) is 0. The van der Waals surface area contributed by atoms with Crippen LogP contribution in [0.25, 0.3) is 6.08 Å². The van der Waals surface area contributed by atoms with Crippen LogP contribution in [0.3, 0.4) is 0 Å². The number of esters is 1. The Labute approximate surface area is 163 Å². The zero-order valence-corrected chi connectivity index (χ0v) is 15.8. The standard InChI is InChI=1S/C19H18F2N2O6/c1-11(16(25)12-4-7-14(8-5-12)29-18(20)21)28-15(24)9-6-13-10-22(2)19(27)23(3)17(13)26/h4-11,18H,1-3H3/b9-6+. The molecule has 2 rings (SSSR count). The number of ketones is 1. The molecule has 0 N–H and O–H groups in total. The van der Waals surface area contributed by atoms with Crippen LogP contribution in [-0.4, -0.2) is 33.6 Å². The fourth-order valence-electron chi connectivity index (χ4n) is 2.41. The van der Waals surface area contributed by atoms with Crippen molar-refractivity contribution in [3.05, 3.63) is 68.5 Å². The Morgan fingerprint density at radius 2 is 1.72 bits per heavy atom. The molecule has 29 heavy (non-hydrogen) atoms. The largest absolute Gasteiger partial charge is 0.451 e. The van der Waals surface area contributed by atoms with E-state index in [1.54, 1.807) is 0 Å². The van der Waals surface area contributed by atoms with Crippen LogP contribution in [0.2, 0.25) is 0 Å². The molecule has 0 amide bonds. The zero-order valence-electron chi connectivity index (χ0n) is 15.8. The van der Waals surface area contributed by atoms with Crippen molar-refractivity contribution in [1.29, 1.82) is 0 Å². The van der Waals surface area contributed by atoms with Crippen LogP contribution in [0.15, 0.2) is 46.1 Å². The van der Waals surface area contributed by atoms with Gasteiger partial charge in [0.1, 0.15) is 5.75 Å². The zero-order chi connectivity index (χ0) is 21.7. The third-order valence-corrected chi connectivity index (χ3v) is 3.90. The van der Waals surface area contributed by atoms with Crippen molar-refractivity contribution in [2.24, 2.45) is 14.1 Å². The Kier molecular flexibility index (Phi) is 6.81. The van der Waals surface area contributed by atoms with Crippen molar-refractivity contribution in [2.75, 3.05) is 0 Å². The second kappa shape index (κ2) is 9.09. The molecule has 0 fully saturated rings. The van der Waals surface area contributed by atoms with E-state index < -0.39 is 35.7 Å². The molecule has 0 radical (unpaired) electrons. The van der Waals surface area contributed by atoms with Gasteiger partial charge in [-0.25, -0.2) is 9.59 Å². The molecule has 0 saturated carbocycles. The van der Waals surface area contributed by atoms with E-state index in [0.29, 0.717) is 0 Å². The maximum Gasteiger partial charge on any atom is 0.387 e. The van der Waals surface area contributed by atoms with Gasteiger partial charge in [0.05, 0.1) is 5.56 Å². The number of hydrogen-bond donors (Lipinski definition) is 0. The molecule has 0 aliphatic heterocycles. The highest BCUT2D eigenvalue weighted by molar-refractivity contribution is 6.01. The third kappa shape index (κ3) is 5.47. The number of ether oxygens (including phenoxy) is 2. The van der Waals surface area contributed by atoms with E-state index in [1.165, 1.54) is 62.1 Å². The lowest BCUT2D eigenvalue weighted by molar-refractivity contribution is -0.140. The van der Waals surface area contributed by atoms with Crippen molar-refractivity contribution >= 4 is 17.8 Å². The van der Waals surface area contributed by atoms with E-state index in [-0.39, 0.29) is 16.9 Å². The van der Waals surface area contributed by atoms with Crippen molar-refractivity contribution < 1.29 is 27.8 Å². The Morgan fingerprint density at radius 1 is 1.10 bits per heavy atom. The summed E-state index contributed by atoms with van der Waals surface area (Å²) in [6, 6.07) is 4.94. The SMILES string of the molecule is CC(OC(=O)/C=C/c1cn(C)c(=O)n(C)c1=O)C(=O)c1ccc(OC(F)F)cc1. The van der Waals surface area contributed by atoms with Gasteiger partial charge in [-0.2, -0.15) is 8.78 Å². The van der Waals surface area contributed by atoms with Crippen molar-refractivity contribution in [3.63, 3.8) is 0 Å². The maximum absolute atomic E-state index is 12.3. The minimum atomic E-state index is -2.98. The summed E-state index contributed by atoms with van der Waals surface area (Å²) in [6.45, 7) is -1.63. The number of aromatic nitrogens is 2. The highest BCUT2D eigenvalue weighted by atomic mass is 19.3. The van der Waals surface area contributed by atoms with Gasteiger partial charge in [0.15, 0.2) is 6.10 Å². The van der Waals surface area contributed by atoms with Crippen molar-refractivity contribution in [2.45, 2.75) is 19.6 Å². The number of alkyl halides is 2. The number of nitrogens with zero attached hydrogens (tertiary/aromatic N) is 2. The smallest absolute Gasteiger partial charge is 0.387 e. The van der Waals surface area contributed by atoms with Gasteiger partial charge in [0.2, 0.25) is 5.78 Å². The number of carbonyl (C=O) groups excluding carboxylic acids is 2. The van der Waals surface area contributed by atoms with E-state index in [1.807, 2.05) is 0 Å². The van der Waals surface area contributed by atoms with Gasteiger partial charge < -0.3 is 14.0 Å². The molecule has 0 spiro atoms. The molecule has 8 nitrogen and oxygen atoms in total. The molecule has 1 heterocycles. The summed E-state index contributed by atoms with van der Waals surface area (Å²) >= 11 is 0. The van der Waals surface area contributed by atoms with Gasteiger partial charge in [0, 0.05) is 31.9 Å². The van der Waals surface area contributed by atoms with Crippen LogP contribution >= 0.6 is 0 Å². The molecule has 0 bridgehead atoms. The number of rotatable bonds is 7. The highest BCUT2D eigenvalue weighted by Crippen LogP contribution is 2.16. The predicted molar refractivity (Wildman–Crippen MR) is 98.9 cm³/mol. The number of benzene rings is 1. The van der Waals surface area contributed by atoms with E-state index >= 15 is 0 Å². The first-order valence-electron chi connectivity index (χ1n) is 8.34. The van der Waals surface area contributed by atoms with Crippen LogP contribution in [0.5, 0.6) is 5.75 Å². The Hall–Kier alpha value is -3.56. The lowest BCUT2D eigenvalue weighted by Gasteiger charge is -2.11. The lowest BCUT2D eigenvalue weighted by Crippen LogP contribution is -2.37. The second-order valence-corrected chi connectivity index (χ2v) is 6.02. The summed E-state index contributed by atoms with van der Waals surface area (Å²) in [4.78, 5) is 47.9. The van der Waals surface area contributed by atoms with Gasteiger partial charge in [0.25, 0.3) is 5.56 Å². The van der Waals surface area contributed by atoms with Crippen LogP contribution in [0, 0.1) is 0 Å². The average Bonchev–Trinajstić information content (AvgIpc) is 2.67. The molecule has 0 saturated heterocycles. The third-order valence-electron chi connectivity index (χ3n) is 3.90. The molecule has 1 unspecified atom stereocenters. The van der Waals surface area contributed by atoms with Crippen LogP contribution in [0.4, 0.5) is 8.78 Å². The summed E-state index contributed by atoms with van der Waals surface area (Å²) in [6.07, 6.45) is 2.26. The first kappa shape index (κ1) is 21.7. The average molecular weight is 408 g/mol. The Bertz CT molecular complexity index is 1050. The summed E-state index contributed by atoms with van der Waals surface area (Å²) in [5.41, 5.74) is -0.880. The van der Waals surface area contributed by atoms with E-state index in [0.717, 1.165) is 10.6 Å². The fourth-order valence-corrected chi connectivity index (χ4v) is 2.41. The van der Waals surface area contributed by atoms with Crippen LogP contribution in [0.1, 0.15) is 22.8 Å². The Morgan fingerprint density at radius 3 is 2.31 bits per heavy atom. The topological polar surface area (TPSA) is 96.6 Å². The van der Waals surface area contributed by atoms with E-state index in [9.17, 15) is 28.0 Å².